The van der Waals surface area contributed by atoms with Crippen molar-refractivity contribution in [3.63, 3.8) is 0 Å². The van der Waals surface area contributed by atoms with Crippen LogP contribution in [0.2, 0.25) is 0 Å². The van der Waals surface area contributed by atoms with Gasteiger partial charge in [0.25, 0.3) is 5.91 Å². The van der Waals surface area contributed by atoms with Crippen molar-refractivity contribution in [1.29, 1.82) is 0 Å². The molecule has 1 saturated heterocycles. The molecule has 0 radical (unpaired) electrons. The minimum atomic E-state index is -1.50. The van der Waals surface area contributed by atoms with E-state index in [1.54, 1.807) is 6.92 Å². The first-order valence-corrected chi connectivity index (χ1v) is 8.02. The van der Waals surface area contributed by atoms with Crippen molar-refractivity contribution in [2.75, 3.05) is 13.2 Å². The molecule has 5 nitrogen and oxygen atoms in total. The van der Waals surface area contributed by atoms with Gasteiger partial charge in [-0.25, -0.2) is 13.6 Å². The maximum atomic E-state index is 14.5. The number of hydrogen-bond donors (Lipinski definition) is 2. The van der Waals surface area contributed by atoms with Crippen LogP contribution in [0.25, 0.3) is 11.1 Å². The Morgan fingerprint density at radius 1 is 1.15 bits per heavy atom. The summed E-state index contributed by atoms with van der Waals surface area (Å²) < 4.78 is 32.8. The van der Waals surface area contributed by atoms with E-state index in [1.165, 1.54) is 30.3 Å². The Balaban J connectivity index is 1.87. The molecule has 1 fully saturated rings. The third-order valence-electron chi connectivity index (χ3n) is 4.49. The van der Waals surface area contributed by atoms with Crippen molar-refractivity contribution >= 4 is 11.9 Å². The number of carboxylic acid groups (broad SMARTS) is 1. The number of benzene rings is 2. The van der Waals surface area contributed by atoms with Crippen LogP contribution in [0.1, 0.15) is 22.3 Å². The molecular formula is C19H17F2NO4. The van der Waals surface area contributed by atoms with Gasteiger partial charge in [0.05, 0.1) is 6.61 Å². The normalized spacial score (nSPS) is 19.3. The number of amides is 1. The highest BCUT2D eigenvalue weighted by molar-refractivity contribution is 5.98. The van der Waals surface area contributed by atoms with Gasteiger partial charge in [-0.05, 0) is 42.3 Å². The number of carboxylic acids is 1. The first-order valence-electron chi connectivity index (χ1n) is 8.02. The quantitative estimate of drug-likeness (QED) is 0.878. The van der Waals surface area contributed by atoms with Gasteiger partial charge in [0, 0.05) is 24.2 Å². The van der Waals surface area contributed by atoms with Crippen molar-refractivity contribution in [3.05, 3.63) is 59.2 Å². The standard InChI is InChI=1S/C19H17F2NO4/c1-11-8-13(20)3-5-14(11)15-4-2-12(9-16(15)21)17(23)22-19(18(24)25)6-7-26-10-19/h2-5,8-9H,6-7,10H2,1H3,(H,22,23)(H,24,25). The fourth-order valence-electron chi connectivity index (χ4n) is 2.98. The second-order valence-corrected chi connectivity index (χ2v) is 6.30. The number of carbonyl (C=O) groups is 2. The van der Waals surface area contributed by atoms with Gasteiger partial charge in [-0.1, -0.05) is 12.1 Å². The molecule has 1 atom stereocenters. The van der Waals surface area contributed by atoms with Crippen LogP contribution >= 0.6 is 0 Å². The molecule has 0 saturated carbocycles. The smallest absolute Gasteiger partial charge is 0.331 e. The van der Waals surface area contributed by atoms with Gasteiger partial charge in [0.15, 0.2) is 5.54 Å². The predicted molar refractivity (Wildman–Crippen MR) is 89.8 cm³/mol. The van der Waals surface area contributed by atoms with E-state index in [1.807, 2.05) is 0 Å². The van der Waals surface area contributed by atoms with E-state index in [9.17, 15) is 23.5 Å². The van der Waals surface area contributed by atoms with Crippen LogP contribution in [0.15, 0.2) is 36.4 Å². The van der Waals surface area contributed by atoms with Crippen LogP contribution in [0.3, 0.4) is 0 Å². The second kappa shape index (κ2) is 6.84. The molecule has 1 aliphatic heterocycles. The molecule has 0 spiro atoms. The third-order valence-corrected chi connectivity index (χ3v) is 4.49. The Bertz CT molecular complexity index is 876. The zero-order valence-electron chi connectivity index (χ0n) is 14.0. The van der Waals surface area contributed by atoms with E-state index in [4.69, 9.17) is 4.74 Å². The molecule has 0 aromatic heterocycles. The molecule has 2 N–H and O–H groups in total. The molecule has 26 heavy (non-hydrogen) atoms. The van der Waals surface area contributed by atoms with Crippen LogP contribution in [0.4, 0.5) is 8.78 Å². The maximum Gasteiger partial charge on any atom is 0.331 e. The SMILES string of the molecule is Cc1cc(F)ccc1-c1ccc(C(=O)NC2(C(=O)O)CCOC2)cc1F. The Morgan fingerprint density at radius 3 is 2.46 bits per heavy atom. The van der Waals surface area contributed by atoms with Gasteiger partial charge < -0.3 is 15.2 Å². The van der Waals surface area contributed by atoms with Crippen molar-refractivity contribution in [2.45, 2.75) is 18.9 Å². The van der Waals surface area contributed by atoms with Crippen LogP contribution < -0.4 is 5.32 Å². The van der Waals surface area contributed by atoms with Crippen LogP contribution in [-0.2, 0) is 9.53 Å². The summed E-state index contributed by atoms with van der Waals surface area (Å²) >= 11 is 0. The number of nitrogens with one attached hydrogen (secondary N) is 1. The Morgan fingerprint density at radius 2 is 1.88 bits per heavy atom. The number of aliphatic carboxylic acids is 1. The first-order chi connectivity index (χ1) is 12.3. The van der Waals surface area contributed by atoms with Crippen LogP contribution in [0.5, 0.6) is 0 Å². The molecule has 1 aliphatic rings. The van der Waals surface area contributed by atoms with Gasteiger partial charge in [0.2, 0.25) is 0 Å². The minimum absolute atomic E-state index is 0.00135. The van der Waals surface area contributed by atoms with Gasteiger partial charge >= 0.3 is 5.97 Å². The second-order valence-electron chi connectivity index (χ2n) is 6.30. The molecule has 0 bridgehead atoms. The highest BCUT2D eigenvalue weighted by Crippen LogP contribution is 2.28. The van der Waals surface area contributed by atoms with Gasteiger partial charge in [0.1, 0.15) is 11.6 Å². The largest absolute Gasteiger partial charge is 0.479 e. The van der Waals surface area contributed by atoms with Gasteiger partial charge in [-0.2, -0.15) is 0 Å². The number of aryl methyl sites for hydroxylation is 1. The van der Waals surface area contributed by atoms with Crippen LogP contribution in [0, 0.1) is 18.6 Å². The summed E-state index contributed by atoms with van der Waals surface area (Å²) in [6, 6.07) is 7.87. The van der Waals surface area contributed by atoms with Crippen LogP contribution in [-0.4, -0.2) is 35.7 Å². The van der Waals surface area contributed by atoms with Gasteiger partial charge in [-0.15, -0.1) is 0 Å². The van der Waals surface area contributed by atoms with Gasteiger partial charge in [-0.3, -0.25) is 4.79 Å². The lowest BCUT2D eigenvalue weighted by atomic mass is 9.96. The fraction of sp³-hybridized carbons (Fsp3) is 0.263. The number of carbonyl (C=O) groups excluding carboxylic acids is 1. The molecule has 7 heteroatoms. The lowest BCUT2D eigenvalue weighted by Gasteiger charge is -2.23. The molecule has 1 heterocycles. The number of ether oxygens (including phenoxy) is 1. The van der Waals surface area contributed by atoms with E-state index in [0.717, 1.165) is 6.07 Å². The van der Waals surface area contributed by atoms with Crippen molar-refractivity contribution < 1.29 is 28.2 Å². The summed E-state index contributed by atoms with van der Waals surface area (Å²) in [4.78, 5) is 23.8. The molecule has 1 amide bonds. The van der Waals surface area contributed by atoms with Crippen molar-refractivity contribution in [3.8, 4) is 11.1 Å². The fourth-order valence-corrected chi connectivity index (χ4v) is 2.98. The lowest BCUT2D eigenvalue weighted by Crippen LogP contribution is -2.55. The number of halogens is 2. The van der Waals surface area contributed by atoms with E-state index in [0.29, 0.717) is 11.1 Å². The summed E-state index contributed by atoms with van der Waals surface area (Å²) in [5.74, 6) is -2.96. The highest BCUT2D eigenvalue weighted by atomic mass is 19.1. The summed E-state index contributed by atoms with van der Waals surface area (Å²) in [6.07, 6.45) is 0.142. The van der Waals surface area contributed by atoms with Crippen molar-refractivity contribution in [1.82, 2.24) is 5.32 Å². The Hall–Kier alpha value is -2.80. The minimum Gasteiger partial charge on any atom is -0.479 e. The summed E-state index contributed by atoms with van der Waals surface area (Å²) in [5, 5.41) is 11.8. The Labute approximate surface area is 148 Å². The molecular weight excluding hydrogens is 344 g/mol. The summed E-state index contributed by atoms with van der Waals surface area (Å²) in [5.41, 5.74) is -0.189. The third kappa shape index (κ3) is 3.30. The average Bonchev–Trinajstić information content (AvgIpc) is 3.05. The topological polar surface area (TPSA) is 75.6 Å². The maximum absolute atomic E-state index is 14.5. The van der Waals surface area contributed by atoms with E-state index >= 15 is 0 Å². The lowest BCUT2D eigenvalue weighted by molar-refractivity contribution is -0.144. The zero-order chi connectivity index (χ0) is 18.9. The summed E-state index contributed by atoms with van der Waals surface area (Å²) in [7, 11) is 0. The Kier molecular flexibility index (Phi) is 4.73. The molecule has 136 valence electrons. The van der Waals surface area contributed by atoms with Crippen molar-refractivity contribution in [2.24, 2.45) is 0 Å². The average molecular weight is 361 g/mol. The number of rotatable bonds is 4. The molecule has 2 aromatic rings. The summed E-state index contributed by atoms with van der Waals surface area (Å²) in [6.45, 7) is 1.75. The van der Waals surface area contributed by atoms with E-state index in [2.05, 4.69) is 5.32 Å². The monoisotopic (exact) mass is 361 g/mol. The molecule has 3 rings (SSSR count). The molecule has 2 aromatic carbocycles. The molecule has 1 unspecified atom stereocenters. The highest BCUT2D eigenvalue weighted by Gasteiger charge is 2.44. The predicted octanol–water partition coefficient (Wildman–Crippen LogP) is 2.91. The molecule has 0 aliphatic carbocycles. The van der Waals surface area contributed by atoms with E-state index in [-0.39, 0.29) is 30.8 Å². The zero-order valence-corrected chi connectivity index (χ0v) is 14.0. The first kappa shape index (κ1) is 18.0. The number of hydrogen-bond acceptors (Lipinski definition) is 3. The van der Waals surface area contributed by atoms with E-state index < -0.39 is 29.0 Å².